The van der Waals surface area contributed by atoms with Gasteiger partial charge in [-0.2, -0.15) is 0 Å². The van der Waals surface area contributed by atoms with Crippen LogP contribution in [-0.4, -0.2) is 38.9 Å². The molecule has 3 rings (SSSR count). The Labute approximate surface area is 177 Å². The van der Waals surface area contributed by atoms with Crippen molar-refractivity contribution in [3.63, 3.8) is 0 Å². The lowest BCUT2D eigenvalue weighted by Crippen LogP contribution is -2.38. The van der Waals surface area contributed by atoms with E-state index in [2.05, 4.69) is 32.5 Å². The minimum absolute atomic E-state index is 0.0633. The highest BCUT2D eigenvalue weighted by Gasteiger charge is 2.22. The Balaban J connectivity index is 1.45. The molecular formula is C21H29N3O3S2. The molecule has 1 saturated heterocycles. The number of nitrogens with zero attached hydrogens (tertiary/aromatic N) is 1. The molecule has 2 N–H and O–H groups in total. The average molecular weight is 436 g/mol. The van der Waals surface area contributed by atoms with Crippen LogP contribution in [-0.2, 0) is 21.4 Å². The maximum Gasteiger partial charge on any atom is 0.240 e. The number of hydrogen-bond acceptors (Lipinski definition) is 5. The maximum atomic E-state index is 12.6. The van der Waals surface area contributed by atoms with Gasteiger partial charge in [0.05, 0.1) is 4.90 Å². The van der Waals surface area contributed by atoms with Crippen LogP contribution in [0.5, 0.6) is 0 Å². The van der Waals surface area contributed by atoms with Gasteiger partial charge in [0.2, 0.25) is 15.9 Å². The fraction of sp³-hybridized carbons (Fsp3) is 0.476. The molecule has 158 valence electrons. The lowest BCUT2D eigenvalue weighted by molar-refractivity contribution is -0.116. The van der Waals surface area contributed by atoms with Crippen LogP contribution in [0.4, 0.5) is 5.69 Å². The van der Waals surface area contributed by atoms with Crippen LogP contribution >= 0.6 is 11.3 Å². The molecule has 0 radical (unpaired) electrons. The summed E-state index contributed by atoms with van der Waals surface area (Å²) in [6.07, 6.45) is 3.22. The topological polar surface area (TPSA) is 78.5 Å². The summed E-state index contributed by atoms with van der Waals surface area (Å²) in [4.78, 5) is 15.7. The number of rotatable bonds is 9. The van der Waals surface area contributed by atoms with E-state index in [1.807, 2.05) is 6.92 Å². The van der Waals surface area contributed by atoms with Gasteiger partial charge in [0.25, 0.3) is 0 Å². The van der Waals surface area contributed by atoms with Crippen LogP contribution in [0.3, 0.4) is 0 Å². The first-order valence-electron chi connectivity index (χ1n) is 10.1. The normalized spacial score (nSPS) is 16.0. The highest BCUT2D eigenvalue weighted by atomic mass is 32.2. The van der Waals surface area contributed by atoms with Gasteiger partial charge in [-0.1, -0.05) is 13.0 Å². The van der Waals surface area contributed by atoms with Gasteiger partial charge in [0.15, 0.2) is 0 Å². The molecule has 1 aromatic carbocycles. The number of sulfonamides is 1. The van der Waals surface area contributed by atoms with Crippen molar-refractivity contribution >= 4 is 33.0 Å². The minimum Gasteiger partial charge on any atom is -0.326 e. The molecule has 0 unspecified atom stereocenters. The molecule has 1 aromatic heterocycles. The second-order valence-corrected chi connectivity index (χ2v) is 10.3. The number of nitrogens with one attached hydrogen (secondary N) is 2. The summed E-state index contributed by atoms with van der Waals surface area (Å²) in [6, 6.07) is 10.6. The lowest BCUT2D eigenvalue weighted by atomic mass is 9.97. The predicted octanol–water partition coefficient (Wildman–Crippen LogP) is 3.68. The van der Waals surface area contributed by atoms with E-state index in [0.29, 0.717) is 24.6 Å². The minimum atomic E-state index is -3.54. The summed E-state index contributed by atoms with van der Waals surface area (Å²) in [5, 5.41) is 4.87. The first kappa shape index (κ1) is 22.0. The molecule has 0 spiro atoms. The zero-order valence-corrected chi connectivity index (χ0v) is 18.4. The van der Waals surface area contributed by atoms with Gasteiger partial charge in [-0.25, -0.2) is 13.1 Å². The number of thiophene rings is 1. The molecule has 1 amide bonds. The van der Waals surface area contributed by atoms with Crippen LogP contribution in [0.25, 0.3) is 0 Å². The first-order chi connectivity index (χ1) is 14.0. The summed E-state index contributed by atoms with van der Waals surface area (Å²) in [7, 11) is -3.54. The average Bonchev–Trinajstić information content (AvgIpc) is 3.21. The van der Waals surface area contributed by atoms with Gasteiger partial charge in [-0.3, -0.25) is 9.69 Å². The molecule has 2 aromatic rings. The number of hydrogen-bond donors (Lipinski definition) is 2. The number of amides is 1. The molecule has 29 heavy (non-hydrogen) atoms. The van der Waals surface area contributed by atoms with Gasteiger partial charge >= 0.3 is 0 Å². The highest BCUT2D eigenvalue weighted by Crippen LogP contribution is 2.21. The third kappa shape index (κ3) is 6.64. The first-order valence-corrected chi connectivity index (χ1v) is 12.5. The highest BCUT2D eigenvalue weighted by molar-refractivity contribution is 7.89. The van der Waals surface area contributed by atoms with E-state index in [1.54, 1.807) is 23.5 Å². The number of piperidine rings is 1. The van der Waals surface area contributed by atoms with Crippen LogP contribution in [0, 0.1) is 5.92 Å². The van der Waals surface area contributed by atoms with Gasteiger partial charge in [0, 0.05) is 30.1 Å². The zero-order valence-electron chi connectivity index (χ0n) is 16.8. The number of carbonyl (C=O) groups excluding carboxylic acids is 1. The molecule has 6 nitrogen and oxygen atoms in total. The Hall–Kier alpha value is -1.74. The Bertz CT molecular complexity index is 872. The molecule has 2 heterocycles. The van der Waals surface area contributed by atoms with Crippen LogP contribution in [0.1, 0.15) is 37.5 Å². The molecular weight excluding hydrogens is 406 g/mol. The Morgan fingerprint density at radius 3 is 2.52 bits per heavy atom. The molecule has 0 atom stereocenters. The smallest absolute Gasteiger partial charge is 0.240 e. The molecule has 0 saturated carbocycles. The Morgan fingerprint density at radius 2 is 1.90 bits per heavy atom. The van der Waals surface area contributed by atoms with Crippen molar-refractivity contribution in [2.24, 2.45) is 5.92 Å². The number of carbonyl (C=O) groups is 1. The Morgan fingerprint density at radius 1 is 1.17 bits per heavy atom. The van der Waals surface area contributed by atoms with Gasteiger partial charge in [-0.15, -0.1) is 11.3 Å². The molecule has 0 bridgehead atoms. The van der Waals surface area contributed by atoms with Gasteiger partial charge in [0.1, 0.15) is 0 Å². The SMILES string of the molecule is CCCC(=O)Nc1ccc(S(=O)(=O)NCC2CCN(Cc3cccs3)CC2)cc1. The van der Waals surface area contributed by atoms with E-state index in [0.717, 1.165) is 38.9 Å². The fourth-order valence-electron chi connectivity index (χ4n) is 3.45. The molecule has 8 heteroatoms. The van der Waals surface area contributed by atoms with Gasteiger partial charge in [-0.05, 0) is 74.0 Å². The summed E-state index contributed by atoms with van der Waals surface area (Å²) >= 11 is 1.78. The number of likely N-dealkylation sites (tertiary alicyclic amines) is 1. The standard InChI is InChI=1S/C21H29N3O3S2/c1-2-4-21(25)23-18-6-8-20(9-7-18)29(26,27)22-15-17-10-12-24(13-11-17)16-19-5-3-14-28-19/h3,5-9,14,17,22H,2,4,10-13,15-16H2,1H3,(H,23,25). The zero-order chi connectivity index (χ0) is 20.7. The fourth-order valence-corrected chi connectivity index (χ4v) is 5.31. The number of anilines is 1. The Kier molecular flexibility index (Phi) is 7.83. The van der Waals surface area contributed by atoms with E-state index in [9.17, 15) is 13.2 Å². The van der Waals surface area contributed by atoms with E-state index >= 15 is 0 Å². The van der Waals surface area contributed by atoms with Crippen LogP contribution in [0.2, 0.25) is 0 Å². The largest absolute Gasteiger partial charge is 0.326 e. The van der Waals surface area contributed by atoms with Crippen molar-refractivity contribution in [1.29, 1.82) is 0 Å². The number of benzene rings is 1. The van der Waals surface area contributed by atoms with Crippen molar-refractivity contribution in [1.82, 2.24) is 9.62 Å². The summed E-state index contributed by atoms with van der Waals surface area (Å²) < 4.78 is 27.9. The molecule has 0 aliphatic carbocycles. The third-order valence-corrected chi connectivity index (χ3v) is 7.45. The summed E-state index contributed by atoms with van der Waals surface area (Å²) in [6.45, 7) is 5.38. The summed E-state index contributed by atoms with van der Waals surface area (Å²) in [5.41, 5.74) is 0.612. The maximum absolute atomic E-state index is 12.6. The van der Waals surface area contributed by atoms with Crippen molar-refractivity contribution in [3.8, 4) is 0 Å². The third-order valence-electron chi connectivity index (χ3n) is 5.15. The van der Waals surface area contributed by atoms with E-state index in [-0.39, 0.29) is 10.8 Å². The van der Waals surface area contributed by atoms with E-state index < -0.39 is 10.0 Å². The van der Waals surface area contributed by atoms with E-state index in [4.69, 9.17) is 0 Å². The van der Waals surface area contributed by atoms with Crippen LogP contribution in [0.15, 0.2) is 46.7 Å². The van der Waals surface area contributed by atoms with Crippen molar-refractivity contribution in [2.75, 3.05) is 25.0 Å². The molecule has 1 aliphatic rings. The summed E-state index contributed by atoms with van der Waals surface area (Å²) in [5.74, 6) is 0.295. The second kappa shape index (κ2) is 10.3. The molecule has 1 aliphatic heterocycles. The monoisotopic (exact) mass is 435 g/mol. The van der Waals surface area contributed by atoms with Gasteiger partial charge < -0.3 is 5.32 Å². The van der Waals surface area contributed by atoms with Crippen molar-refractivity contribution in [2.45, 2.75) is 44.0 Å². The molecule has 1 fully saturated rings. The quantitative estimate of drug-likeness (QED) is 0.630. The lowest BCUT2D eigenvalue weighted by Gasteiger charge is -2.31. The van der Waals surface area contributed by atoms with Crippen molar-refractivity contribution in [3.05, 3.63) is 46.7 Å². The predicted molar refractivity (Wildman–Crippen MR) is 117 cm³/mol. The van der Waals surface area contributed by atoms with Crippen molar-refractivity contribution < 1.29 is 13.2 Å². The van der Waals surface area contributed by atoms with E-state index in [1.165, 1.54) is 17.0 Å². The van der Waals surface area contributed by atoms with Crippen LogP contribution < -0.4 is 10.0 Å². The second-order valence-electron chi connectivity index (χ2n) is 7.47.